The van der Waals surface area contributed by atoms with E-state index in [-0.39, 0.29) is 13.2 Å². The van der Waals surface area contributed by atoms with Gasteiger partial charge in [0, 0.05) is 33.9 Å². The maximum absolute atomic E-state index is 11.8. The molecule has 0 unspecified atom stereocenters. The fourth-order valence-corrected chi connectivity index (χ4v) is 4.09. The lowest BCUT2D eigenvalue weighted by Crippen LogP contribution is -2.58. The largest absolute Gasteiger partial charge is 0.465 e. The summed E-state index contributed by atoms with van der Waals surface area (Å²) in [6.45, 7) is 4.54. The molecule has 1 saturated heterocycles. The minimum absolute atomic E-state index is 0.175. The lowest BCUT2D eigenvalue weighted by Gasteiger charge is -2.44. The molecule has 0 saturated carbocycles. The normalized spacial score (nSPS) is 25.2. The summed E-state index contributed by atoms with van der Waals surface area (Å²) in [6.07, 6.45) is -1.26. The molecule has 0 aliphatic carbocycles. The van der Waals surface area contributed by atoms with Crippen molar-refractivity contribution in [3.8, 4) is 0 Å². The van der Waals surface area contributed by atoms with Crippen molar-refractivity contribution in [3.05, 3.63) is 24.4 Å². The molecule has 0 amide bonds. The van der Waals surface area contributed by atoms with E-state index in [1.54, 1.807) is 24.4 Å². The van der Waals surface area contributed by atoms with Crippen LogP contribution < -0.4 is 0 Å². The number of carbonyl (C=O) groups excluding carboxylic acids is 4. The smallest absolute Gasteiger partial charge is 0.303 e. The number of hydrogen-bond acceptors (Lipinski definition) is 11. The number of nitrogens with zero attached hydrogens (tertiary/aromatic N) is 1. The quantitative estimate of drug-likeness (QED) is 0.418. The van der Waals surface area contributed by atoms with Crippen LogP contribution in [0.15, 0.2) is 29.4 Å². The van der Waals surface area contributed by atoms with E-state index in [0.29, 0.717) is 5.03 Å². The SMILES string of the molecule is CC(=O)OC[C@H]1[C@H](OC(C)=O)[C@@H](OC(C)=O)[C@@H](Sc2ccccn2)O[C@H]1COC(C)=O. The Morgan fingerprint density at radius 1 is 0.903 bits per heavy atom. The number of pyridine rings is 1. The van der Waals surface area contributed by atoms with Gasteiger partial charge >= 0.3 is 23.9 Å². The summed E-state index contributed by atoms with van der Waals surface area (Å²) < 4.78 is 27.3. The highest BCUT2D eigenvalue weighted by molar-refractivity contribution is 7.99. The van der Waals surface area contributed by atoms with Gasteiger partial charge < -0.3 is 23.7 Å². The standard InChI is InChI=1S/C20H25NO9S/c1-11(22)26-9-15-16(10-27-12(2)23)30-20(31-17-7-5-6-8-21-17)19(29-14(4)25)18(15)28-13(3)24/h5-8,15-16,18-20H,9-10H2,1-4H3/t15-,16+,18+,19-,20-/m1/s1. The summed E-state index contributed by atoms with van der Waals surface area (Å²) in [5.41, 5.74) is -0.836. The van der Waals surface area contributed by atoms with E-state index in [4.69, 9.17) is 23.7 Å². The van der Waals surface area contributed by atoms with Crippen LogP contribution in [0.3, 0.4) is 0 Å². The second-order valence-electron chi connectivity index (χ2n) is 6.75. The fraction of sp³-hybridized carbons (Fsp3) is 0.550. The molecule has 0 spiro atoms. The molecule has 0 radical (unpaired) electrons. The van der Waals surface area contributed by atoms with Gasteiger partial charge in [-0.2, -0.15) is 0 Å². The molecule has 31 heavy (non-hydrogen) atoms. The first-order valence-corrected chi connectivity index (χ1v) is 10.4. The third kappa shape index (κ3) is 7.83. The van der Waals surface area contributed by atoms with Crippen LogP contribution in [0.4, 0.5) is 0 Å². The minimum Gasteiger partial charge on any atom is -0.465 e. The summed E-state index contributed by atoms with van der Waals surface area (Å²) in [4.78, 5) is 50.7. The van der Waals surface area contributed by atoms with E-state index in [1.165, 1.54) is 27.7 Å². The van der Waals surface area contributed by atoms with Gasteiger partial charge in [0.15, 0.2) is 12.2 Å². The predicted octanol–water partition coefficient (Wildman–Crippen LogP) is 1.50. The van der Waals surface area contributed by atoms with E-state index in [1.807, 2.05) is 0 Å². The summed E-state index contributed by atoms with van der Waals surface area (Å²) >= 11 is 1.16. The Labute approximate surface area is 183 Å². The van der Waals surface area contributed by atoms with Gasteiger partial charge in [-0.15, -0.1) is 0 Å². The monoisotopic (exact) mass is 455 g/mol. The second kappa shape index (κ2) is 11.7. The highest BCUT2D eigenvalue weighted by atomic mass is 32.2. The summed E-state index contributed by atoms with van der Waals surface area (Å²) in [5, 5.41) is 0.580. The van der Waals surface area contributed by atoms with E-state index in [2.05, 4.69) is 4.98 Å². The first-order valence-electron chi connectivity index (χ1n) is 9.51. The van der Waals surface area contributed by atoms with Crippen LogP contribution in [-0.2, 0) is 42.9 Å². The summed E-state index contributed by atoms with van der Waals surface area (Å²) in [5.74, 6) is -3.07. The Morgan fingerprint density at radius 2 is 1.52 bits per heavy atom. The maximum Gasteiger partial charge on any atom is 0.303 e. The van der Waals surface area contributed by atoms with Crippen molar-refractivity contribution < 1.29 is 42.9 Å². The van der Waals surface area contributed by atoms with E-state index >= 15 is 0 Å². The predicted molar refractivity (Wildman–Crippen MR) is 107 cm³/mol. The number of ether oxygens (including phenoxy) is 5. The zero-order chi connectivity index (χ0) is 23.0. The van der Waals surface area contributed by atoms with Crippen molar-refractivity contribution >= 4 is 35.6 Å². The van der Waals surface area contributed by atoms with E-state index in [9.17, 15) is 19.2 Å². The number of rotatable bonds is 8. The average molecular weight is 455 g/mol. The number of aromatic nitrogens is 1. The van der Waals surface area contributed by atoms with E-state index < -0.39 is 53.5 Å². The molecular weight excluding hydrogens is 430 g/mol. The zero-order valence-corrected chi connectivity index (χ0v) is 18.5. The fourth-order valence-electron chi connectivity index (χ4n) is 3.03. The highest BCUT2D eigenvalue weighted by Gasteiger charge is 2.51. The van der Waals surface area contributed by atoms with Crippen molar-refractivity contribution in [2.75, 3.05) is 13.2 Å². The Kier molecular flexibility index (Phi) is 9.25. The third-order valence-electron chi connectivity index (χ3n) is 4.21. The molecule has 0 aromatic carbocycles. The lowest BCUT2D eigenvalue weighted by atomic mass is 9.90. The Hall–Kier alpha value is -2.66. The summed E-state index contributed by atoms with van der Waals surface area (Å²) in [7, 11) is 0. The number of hydrogen-bond donors (Lipinski definition) is 0. The van der Waals surface area contributed by atoms with Crippen LogP contribution in [0, 0.1) is 5.92 Å². The molecule has 10 nitrogen and oxygen atoms in total. The molecule has 2 heterocycles. The van der Waals surface area contributed by atoms with Crippen LogP contribution >= 0.6 is 11.8 Å². The molecule has 1 fully saturated rings. The molecule has 5 atom stereocenters. The van der Waals surface area contributed by atoms with Crippen LogP contribution in [-0.4, -0.2) is 65.8 Å². The molecule has 1 aliphatic rings. The summed E-state index contributed by atoms with van der Waals surface area (Å²) in [6, 6.07) is 5.27. The Morgan fingerprint density at radius 3 is 2.06 bits per heavy atom. The van der Waals surface area contributed by atoms with Crippen LogP contribution in [0.5, 0.6) is 0 Å². The van der Waals surface area contributed by atoms with Gasteiger partial charge in [-0.05, 0) is 12.1 Å². The van der Waals surface area contributed by atoms with Gasteiger partial charge in [-0.3, -0.25) is 19.2 Å². The van der Waals surface area contributed by atoms with Gasteiger partial charge in [0.1, 0.15) is 24.8 Å². The van der Waals surface area contributed by atoms with Crippen LogP contribution in [0.1, 0.15) is 27.7 Å². The van der Waals surface area contributed by atoms with Gasteiger partial charge in [-0.1, -0.05) is 17.8 Å². The van der Waals surface area contributed by atoms with Crippen molar-refractivity contribution in [3.63, 3.8) is 0 Å². The highest BCUT2D eigenvalue weighted by Crippen LogP contribution is 2.38. The van der Waals surface area contributed by atoms with Crippen molar-refractivity contribution in [2.45, 2.75) is 56.5 Å². The first kappa shape index (κ1) is 24.6. The van der Waals surface area contributed by atoms with Crippen molar-refractivity contribution in [1.82, 2.24) is 4.98 Å². The first-order chi connectivity index (χ1) is 14.7. The molecular formula is C20H25NO9S. The molecule has 1 aromatic rings. The van der Waals surface area contributed by atoms with Gasteiger partial charge in [0.05, 0.1) is 10.9 Å². The molecule has 11 heteroatoms. The lowest BCUT2D eigenvalue weighted by molar-refractivity contribution is -0.222. The van der Waals surface area contributed by atoms with Crippen molar-refractivity contribution in [1.29, 1.82) is 0 Å². The Bertz CT molecular complexity index is 788. The van der Waals surface area contributed by atoms with Gasteiger partial charge in [0.25, 0.3) is 0 Å². The number of esters is 4. The molecule has 0 N–H and O–H groups in total. The van der Waals surface area contributed by atoms with Crippen LogP contribution in [0.25, 0.3) is 0 Å². The zero-order valence-electron chi connectivity index (χ0n) is 17.6. The Balaban J connectivity index is 2.40. The average Bonchev–Trinajstić information content (AvgIpc) is 2.68. The minimum atomic E-state index is -1.03. The molecule has 170 valence electrons. The van der Waals surface area contributed by atoms with Crippen LogP contribution in [0.2, 0.25) is 0 Å². The van der Waals surface area contributed by atoms with Gasteiger partial charge in [0.2, 0.25) is 0 Å². The molecule has 2 rings (SSSR count). The molecule has 1 aromatic heterocycles. The second-order valence-corrected chi connectivity index (χ2v) is 7.86. The van der Waals surface area contributed by atoms with Gasteiger partial charge in [-0.25, -0.2) is 4.98 Å². The number of thioether (sulfide) groups is 1. The third-order valence-corrected chi connectivity index (χ3v) is 5.30. The van der Waals surface area contributed by atoms with Crippen molar-refractivity contribution in [2.24, 2.45) is 5.92 Å². The van der Waals surface area contributed by atoms with E-state index in [0.717, 1.165) is 11.8 Å². The maximum atomic E-state index is 11.8. The topological polar surface area (TPSA) is 127 Å². The number of carbonyl (C=O) groups is 4. The molecule has 1 aliphatic heterocycles. The molecule has 0 bridgehead atoms.